The highest BCUT2D eigenvalue weighted by Crippen LogP contribution is 2.61. The fourth-order valence-electron chi connectivity index (χ4n) is 6.97. The predicted molar refractivity (Wildman–Crippen MR) is 131 cm³/mol. The van der Waals surface area contributed by atoms with Crippen LogP contribution in [0.5, 0.6) is 0 Å². The molecule has 4 fully saturated rings. The Morgan fingerprint density at radius 1 is 0.735 bits per heavy atom. The molecule has 4 aliphatic rings. The van der Waals surface area contributed by atoms with Crippen LogP contribution in [0.3, 0.4) is 0 Å². The highest BCUT2D eigenvalue weighted by atomic mass is 16.5. The zero-order valence-electron chi connectivity index (χ0n) is 19.9. The Kier molecular flexibility index (Phi) is 7.00. The van der Waals surface area contributed by atoms with Gasteiger partial charge >= 0.3 is 0 Å². The highest BCUT2D eigenvalue weighted by Gasteiger charge is 2.51. The SMILES string of the molecule is O=C(CNC(=O)CC12CC3CC(CC(C3)C1)C2)NCc1ccc(COCc2ccccc2)cc1. The quantitative estimate of drug-likeness (QED) is 0.538. The largest absolute Gasteiger partial charge is 0.372 e. The highest BCUT2D eigenvalue weighted by molar-refractivity contribution is 5.84. The lowest BCUT2D eigenvalue weighted by Crippen LogP contribution is -2.48. The van der Waals surface area contributed by atoms with Gasteiger partial charge < -0.3 is 15.4 Å². The Morgan fingerprint density at radius 3 is 1.91 bits per heavy atom. The lowest BCUT2D eigenvalue weighted by atomic mass is 9.49. The molecule has 5 nitrogen and oxygen atoms in total. The van der Waals surface area contributed by atoms with Gasteiger partial charge in [-0.15, -0.1) is 0 Å². The van der Waals surface area contributed by atoms with Crippen LogP contribution in [0, 0.1) is 23.2 Å². The maximum atomic E-state index is 12.6. The molecule has 180 valence electrons. The van der Waals surface area contributed by atoms with Crippen LogP contribution < -0.4 is 10.6 Å². The summed E-state index contributed by atoms with van der Waals surface area (Å²) in [5.41, 5.74) is 3.50. The Balaban J connectivity index is 0.996. The Labute approximate surface area is 202 Å². The molecular formula is C29H36N2O3. The average molecular weight is 461 g/mol. The maximum Gasteiger partial charge on any atom is 0.239 e. The van der Waals surface area contributed by atoms with E-state index in [0.717, 1.165) is 34.4 Å². The topological polar surface area (TPSA) is 67.4 Å². The van der Waals surface area contributed by atoms with Gasteiger partial charge in [-0.2, -0.15) is 0 Å². The first-order chi connectivity index (χ1) is 16.6. The lowest BCUT2D eigenvalue weighted by molar-refractivity contribution is -0.131. The van der Waals surface area contributed by atoms with Crippen molar-refractivity contribution in [3.05, 3.63) is 71.3 Å². The van der Waals surface area contributed by atoms with Crippen LogP contribution in [-0.4, -0.2) is 18.4 Å². The molecule has 0 radical (unpaired) electrons. The molecule has 0 heterocycles. The van der Waals surface area contributed by atoms with E-state index in [4.69, 9.17) is 4.74 Å². The van der Waals surface area contributed by atoms with Crippen molar-refractivity contribution in [2.75, 3.05) is 6.54 Å². The van der Waals surface area contributed by atoms with Gasteiger partial charge in [-0.25, -0.2) is 0 Å². The van der Waals surface area contributed by atoms with E-state index in [2.05, 4.69) is 22.8 Å². The molecule has 0 aromatic heterocycles. The molecule has 4 saturated carbocycles. The number of hydrogen-bond acceptors (Lipinski definition) is 3. The summed E-state index contributed by atoms with van der Waals surface area (Å²) in [6.07, 6.45) is 8.38. The van der Waals surface area contributed by atoms with Gasteiger partial charge in [-0.1, -0.05) is 54.6 Å². The minimum Gasteiger partial charge on any atom is -0.372 e. The van der Waals surface area contributed by atoms with Crippen molar-refractivity contribution in [2.24, 2.45) is 23.2 Å². The number of benzene rings is 2. The summed E-state index contributed by atoms with van der Waals surface area (Å²) in [6.45, 7) is 1.65. The van der Waals surface area contributed by atoms with Crippen LogP contribution in [0.1, 0.15) is 61.6 Å². The fourth-order valence-corrected chi connectivity index (χ4v) is 6.97. The summed E-state index contributed by atoms with van der Waals surface area (Å²) < 4.78 is 5.78. The van der Waals surface area contributed by atoms with E-state index < -0.39 is 0 Å². The Morgan fingerprint density at radius 2 is 1.29 bits per heavy atom. The molecule has 4 aliphatic carbocycles. The van der Waals surface area contributed by atoms with E-state index in [-0.39, 0.29) is 23.8 Å². The molecule has 2 aromatic rings. The van der Waals surface area contributed by atoms with Crippen molar-refractivity contribution in [1.29, 1.82) is 0 Å². The second kappa shape index (κ2) is 10.3. The zero-order valence-corrected chi connectivity index (χ0v) is 19.9. The van der Waals surface area contributed by atoms with Gasteiger partial charge in [0.25, 0.3) is 0 Å². The monoisotopic (exact) mass is 460 g/mol. The summed E-state index contributed by atoms with van der Waals surface area (Å²) in [5, 5.41) is 5.78. The van der Waals surface area contributed by atoms with E-state index in [1.165, 1.54) is 38.5 Å². The van der Waals surface area contributed by atoms with Crippen LogP contribution in [0.15, 0.2) is 54.6 Å². The van der Waals surface area contributed by atoms with Crippen LogP contribution >= 0.6 is 0 Å². The summed E-state index contributed by atoms with van der Waals surface area (Å²) in [6, 6.07) is 18.2. The average Bonchev–Trinajstić information content (AvgIpc) is 2.82. The normalized spacial score (nSPS) is 26.9. The predicted octanol–water partition coefficient (Wildman–Crippen LogP) is 4.74. The first kappa shape index (κ1) is 23.1. The van der Waals surface area contributed by atoms with Crippen molar-refractivity contribution in [3.8, 4) is 0 Å². The standard InChI is InChI=1S/C29H36N2O3/c32-27(16-29-13-24-10-25(14-29)12-26(11-24)15-29)31-18-28(33)30-17-21-6-8-23(9-7-21)20-34-19-22-4-2-1-3-5-22/h1-9,24-26H,10-20H2,(H,30,33)(H,31,32). The molecule has 2 aromatic carbocycles. The third kappa shape index (κ3) is 5.87. The number of rotatable bonds is 10. The van der Waals surface area contributed by atoms with Crippen molar-refractivity contribution >= 4 is 11.8 Å². The second-order valence-electron chi connectivity index (χ2n) is 10.9. The van der Waals surface area contributed by atoms with Crippen LogP contribution in [0.25, 0.3) is 0 Å². The number of hydrogen-bond donors (Lipinski definition) is 2. The molecule has 4 bridgehead atoms. The second-order valence-corrected chi connectivity index (χ2v) is 10.9. The maximum absolute atomic E-state index is 12.6. The third-order valence-corrected chi connectivity index (χ3v) is 8.04. The zero-order chi connectivity index (χ0) is 23.4. The summed E-state index contributed by atoms with van der Waals surface area (Å²) >= 11 is 0. The minimum atomic E-state index is -0.144. The Bertz CT molecular complexity index is 951. The van der Waals surface area contributed by atoms with E-state index in [1.54, 1.807) is 0 Å². The smallest absolute Gasteiger partial charge is 0.239 e. The summed E-state index contributed by atoms with van der Waals surface area (Å²) in [4.78, 5) is 24.9. The van der Waals surface area contributed by atoms with Crippen LogP contribution in [-0.2, 0) is 34.1 Å². The van der Waals surface area contributed by atoms with E-state index in [1.807, 2.05) is 42.5 Å². The van der Waals surface area contributed by atoms with Crippen LogP contribution in [0.4, 0.5) is 0 Å². The van der Waals surface area contributed by atoms with E-state index in [9.17, 15) is 9.59 Å². The van der Waals surface area contributed by atoms with Crippen LogP contribution in [0.2, 0.25) is 0 Å². The minimum absolute atomic E-state index is 0.0388. The van der Waals surface area contributed by atoms with Gasteiger partial charge in [0.1, 0.15) is 0 Å². The van der Waals surface area contributed by atoms with Gasteiger partial charge in [-0.05, 0) is 78.4 Å². The van der Waals surface area contributed by atoms with Gasteiger partial charge in [0.15, 0.2) is 0 Å². The van der Waals surface area contributed by atoms with Gasteiger partial charge in [0, 0.05) is 13.0 Å². The molecular weight excluding hydrogens is 424 g/mol. The molecule has 5 heteroatoms. The molecule has 2 amide bonds. The van der Waals surface area contributed by atoms with Crippen molar-refractivity contribution < 1.29 is 14.3 Å². The number of carbonyl (C=O) groups is 2. The number of nitrogens with one attached hydrogen (secondary N) is 2. The van der Waals surface area contributed by atoms with Crippen molar-refractivity contribution in [2.45, 2.75) is 64.7 Å². The number of ether oxygens (including phenoxy) is 1. The van der Waals surface area contributed by atoms with Crippen molar-refractivity contribution in [1.82, 2.24) is 10.6 Å². The van der Waals surface area contributed by atoms with Crippen molar-refractivity contribution in [3.63, 3.8) is 0 Å². The van der Waals surface area contributed by atoms with E-state index in [0.29, 0.717) is 26.2 Å². The number of carbonyl (C=O) groups excluding carboxylic acids is 2. The van der Waals surface area contributed by atoms with Gasteiger partial charge in [-0.3, -0.25) is 9.59 Å². The first-order valence-electron chi connectivity index (χ1n) is 12.8. The first-order valence-corrected chi connectivity index (χ1v) is 12.8. The molecule has 0 saturated heterocycles. The Hall–Kier alpha value is -2.66. The summed E-state index contributed by atoms with van der Waals surface area (Å²) in [5.74, 6) is 2.41. The third-order valence-electron chi connectivity index (χ3n) is 8.04. The molecule has 6 rings (SSSR count). The molecule has 0 aliphatic heterocycles. The van der Waals surface area contributed by atoms with Gasteiger partial charge in [0.2, 0.25) is 11.8 Å². The molecule has 0 spiro atoms. The molecule has 34 heavy (non-hydrogen) atoms. The lowest BCUT2D eigenvalue weighted by Gasteiger charge is -2.56. The van der Waals surface area contributed by atoms with E-state index >= 15 is 0 Å². The van der Waals surface area contributed by atoms with Gasteiger partial charge in [0.05, 0.1) is 19.8 Å². The summed E-state index contributed by atoms with van der Waals surface area (Å²) in [7, 11) is 0. The molecule has 0 atom stereocenters. The molecule has 0 unspecified atom stereocenters. The number of amides is 2. The fraction of sp³-hybridized carbons (Fsp3) is 0.517. The molecule has 2 N–H and O–H groups in total.